The van der Waals surface area contributed by atoms with Crippen LogP contribution in [0.5, 0.6) is 0 Å². The van der Waals surface area contributed by atoms with E-state index in [-0.39, 0.29) is 26.3 Å². The molecule has 0 fully saturated rings. The topological polar surface area (TPSA) is 101 Å². The lowest BCUT2D eigenvalue weighted by Gasteiger charge is -2.11. The van der Waals surface area contributed by atoms with Crippen LogP contribution in [-0.4, -0.2) is 24.3 Å². The summed E-state index contributed by atoms with van der Waals surface area (Å²) in [5.74, 6) is 0.140. The largest absolute Gasteiger partial charge is 0.322 e. The molecule has 0 spiro atoms. The summed E-state index contributed by atoms with van der Waals surface area (Å²) in [6, 6.07) is 11.9. The van der Waals surface area contributed by atoms with Gasteiger partial charge < -0.3 is 5.32 Å². The zero-order chi connectivity index (χ0) is 21.2. The highest BCUT2D eigenvalue weighted by Gasteiger charge is 2.17. The van der Waals surface area contributed by atoms with Gasteiger partial charge >= 0.3 is 0 Å². The zero-order valence-electron chi connectivity index (χ0n) is 15.4. The summed E-state index contributed by atoms with van der Waals surface area (Å²) in [5.41, 5.74) is 1.17. The number of carbonyl (C=O) groups excluding carboxylic acids is 1. The molecule has 3 rings (SSSR count). The second kappa shape index (κ2) is 8.36. The van der Waals surface area contributed by atoms with Crippen LogP contribution in [-0.2, 0) is 10.0 Å². The maximum absolute atomic E-state index is 12.6. The van der Waals surface area contributed by atoms with E-state index in [1.54, 1.807) is 32.0 Å². The fraction of sp³-hybridized carbons (Fsp3) is 0.105. The van der Waals surface area contributed by atoms with Crippen LogP contribution in [0, 0.1) is 13.8 Å². The number of anilines is 2. The van der Waals surface area contributed by atoms with E-state index >= 15 is 0 Å². The fourth-order valence-electron chi connectivity index (χ4n) is 2.59. The third-order valence-electron chi connectivity index (χ3n) is 3.82. The Morgan fingerprint density at radius 3 is 2.17 bits per heavy atom. The first-order valence-electron chi connectivity index (χ1n) is 8.36. The van der Waals surface area contributed by atoms with E-state index in [1.165, 1.54) is 30.3 Å². The highest BCUT2D eigenvalue weighted by atomic mass is 35.5. The molecule has 2 N–H and O–H groups in total. The Labute approximate surface area is 178 Å². The number of benzene rings is 2. The number of amides is 1. The van der Waals surface area contributed by atoms with Gasteiger partial charge in [-0.1, -0.05) is 29.3 Å². The molecule has 0 radical (unpaired) electrons. The summed E-state index contributed by atoms with van der Waals surface area (Å²) in [6.45, 7) is 3.42. The summed E-state index contributed by atoms with van der Waals surface area (Å²) in [6.07, 6.45) is 0. The van der Waals surface area contributed by atoms with Crippen molar-refractivity contribution >= 4 is 50.6 Å². The van der Waals surface area contributed by atoms with Crippen LogP contribution in [0.4, 0.5) is 11.5 Å². The highest BCUT2D eigenvalue weighted by Crippen LogP contribution is 2.25. The molecule has 1 amide bonds. The van der Waals surface area contributed by atoms with Gasteiger partial charge in [-0.05, 0) is 50.2 Å². The molecule has 7 nitrogen and oxygen atoms in total. The molecule has 0 bridgehead atoms. The lowest BCUT2D eigenvalue weighted by Crippen LogP contribution is -2.15. The maximum atomic E-state index is 12.6. The number of nitrogens with zero attached hydrogens (tertiary/aromatic N) is 2. The van der Waals surface area contributed by atoms with Crippen molar-refractivity contribution < 1.29 is 13.2 Å². The van der Waals surface area contributed by atoms with E-state index in [9.17, 15) is 13.2 Å². The van der Waals surface area contributed by atoms with Gasteiger partial charge in [0.2, 0.25) is 0 Å². The molecule has 0 saturated carbocycles. The van der Waals surface area contributed by atoms with Gasteiger partial charge in [-0.3, -0.25) is 9.52 Å². The number of sulfonamides is 1. The summed E-state index contributed by atoms with van der Waals surface area (Å²) < 4.78 is 27.6. The number of rotatable bonds is 5. The number of halogens is 2. The Morgan fingerprint density at radius 1 is 0.966 bits per heavy atom. The summed E-state index contributed by atoms with van der Waals surface area (Å²) in [7, 11) is -3.85. The van der Waals surface area contributed by atoms with Crippen LogP contribution in [0.15, 0.2) is 53.4 Å². The quantitative estimate of drug-likeness (QED) is 0.597. The standard InChI is InChI=1S/C19H16Cl2N4O3S/c1-11-10-17(23-12(2)22-11)25-29(27,28)14-8-6-13(7-9-14)24-19(26)18-15(20)4-3-5-16(18)21/h3-10H,1-2H3,(H,24,26)(H,22,23,25). The number of hydrogen-bond donors (Lipinski definition) is 2. The highest BCUT2D eigenvalue weighted by molar-refractivity contribution is 7.92. The molecule has 29 heavy (non-hydrogen) atoms. The van der Waals surface area contributed by atoms with Crippen LogP contribution >= 0.6 is 23.2 Å². The van der Waals surface area contributed by atoms with Crippen molar-refractivity contribution in [3.63, 3.8) is 0 Å². The van der Waals surface area contributed by atoms with Crippen molar-refractivity contribution in [2.24, 2.45) is 0 Å². The monoisotopic (exact) mass is 450 g/mol. The fourth-order valence-corrected chi connectivity index (χ4v) is 4.15. The molecule has 0 saturated heterocycles. The summed E-state index contributed by atoms with van der Waals surface area (Å²) in [4.78, 5) is 20.6. The zero-order valence-corrected chi connectivity index (χ0v) is 17.7. The lowest BCUT2D eigenvalue weighted by molar-refractivity contribution is 0.102. The van der Waals surface area contributed by atoms with Crippen LogP contribution in [0.25, 0.3) is 0 Å². The Bertz CT molecular complexity index is 1140. The van der Waals surface area contributed by atoms with E-state index in [1.807, 2.05) is 0 Å². The molecule has 150 valence electrons. The van der Waals surface area contributed by atoms with Crippen molar-refractivity contribution in [3.8, 4) is 0 Å². The average Bonchev–Trinajstić information content (AvgIpc) is 2.60. The molecular weight excluding hydrogens is 435 g/mol. The predicted molar refractivity (Wildman–Crippen MR) is 113 cm³/mol. The summed E-state index contributed by atoms with van der Waals surface area (Å²) >= 11 is 12.1. The van der Waals surface area contributed by atoms with Gasteiger partial charge in [0.15, 0.2) is 0 Å². The van der Waals surface area contributed by atoms with Crippen LogP contribution in [0.1, 0.15) is 21.9 Å². The molecule has 0 atom stereocenters. The van der Waals surface area contributed by atoms with E-state index in [4.69, 9.17) is 23.2 Å². The summed E-state index contributed by atoms with van der Waals surface area (Å²) in [5, 5.41) is 3.07. The first-order valence-corrected chi connectivity index (χ1v) is 10.6. The first kappa shape index (κ1) is 21.0. The number of hydrogen-bond acceptors (Lipinski definition) is 5. The van der Waals surface area contributed by atoms with Gasteiger partial charge in [-0.15, -0.1) is 0 Å². The van der Waals surface area contributed by atoms with Gasteiger partial charge in [0.25, 0.3) is 15.9 Å². The van der Waals surface area contributed by atoms with E-state index in [0.717, 1.165) is 0 Å². The Balaban J connectivity index is 1.78. The average molecular weight is 451 g/mol. The van der Waals surface area contributed by atoms with Crippen LogP contribution in [0.3, 0.4) is 0 Å². The van der Waals surface area contributed by atoms with Crippen molar-refractivity contribution in [2.45, 2.75) is 18.7 Å². The van der Waals surface area contributed by atoms with E-state index < -0.39 is 15.9 Å². The number of aryl methyl sites for hydroxylation is 2. The van der Waals surface area contributed by atoms with Crippen molar-refractivity contribution in [1.82, 2.24) is 9.97 Å². The minimum atomic E-state index is -3.85. The SMILES string of the molecule is Cc1cc(NS(=O)(=O)c2ccc(NC(=O)c3c(Cl)cccc3Cl)cc2)nc(C)n1. The third-order valence-corrected chi connectivity index (χ3v) is 5.82. The number of nitrogens with one attached hydrogen (secondary N) is 2. The normalized spacial score (nSPS) is 11.2. The van der Waals surface area contributed by atoms with Crippen LogP contribution in [0.2, 0.25) is 10.0 Å². The Morgan fingerprint density at radius 2 is 1.59 bits per heavy atom. The number of carbonyl (C=O) groups is 1. The smallest absolute Gasteiger partial charge is 0.263 e. The molecule has 10 heteroatoms. The molecule has 0 aliphatic rings. The third kappa shape index (κ3) is 5.03. The van der Waals surface area contributed by atoms with E-state index in [0.29, 0.717) is 17.2 Å². The Kier molecular flexibility index (Phi) is 6.07. The van der Waals surface area contributed by atoms with E-state index in [2.05, 4.69) is 20.0 Å². The van der Waals surface area contributed by atoms with Crippen molar-refractivity contribution in [1.29, 1.82) is 0 Å². The van der Waals surface area contributed by atoms with Gasteiger partial charge in [0, 0.05) is 17.4 Å². The first-order chi connectivity index (χ1) is 13.7. The molecular formula is C19H16Cl2N4O3S. The lowest BCUT2D eigenvalue weighted by atomic mass is 10.2. The second-order valence-corrected chi connectivity index (χ2v) is 8.62. The molecule has 1 heterocycles. The number of aromatic nitrogens is 2. The van der Waals surface area contributed by atoms with Gasteiger partial charge in [0.1, 0.15) is 11.6 Å². The van der Waals surface area contributed by atoms with Gasteiger partial charge in [-0.25, -0.2) is 18.4 Å². The van der Waals surface area contributed by atoms with Crippen molar-refractivity contribution in [3.05, 3.63) is 75.7 Å². The second-order valence-electron chi connectivity index (χ2n) is 6.12. The molecule has 0 aliphatic heterocycles. The Hall–Kier alpha value is -2.68. The van der Waals surface area contributed by atoms with Crippen LogP contribution < -0.4 is 10.0 Å². The molecule has 3 aromatic rings. The molecule has 0 aliphatic carbocycles. The molecule has 0 unspecified atom stereocenters. The van der Waals surface area contributed by atoms with Crippen molar-refractivity contribution in [2.75, 3.05) is 10.0 Å². The molecule has 1 aromatic heterocycles. The minimum absolute atomic E-state index is 0.0141. The molecule has 2 aromatic carbocycles. The minimum Gasteiger partial charge on any atom is -0.322 e. The maximum Gasteiger partial charge on any atom is 0.263 e. The van der Waals surface area contributed by atoms with Gasteiger partial charge in [-0.2, -0.15) is 0 Å². The predicted octanol–water partition coefficient (Wildman–Crippen LogP) is 4.45. The van der Waals surface area contributed by atoms with Gasteiger partial charge in [0.05, 0.1) is 20.5 Å².